The van der Waals surface area contributed by atoms with Gasteiger partial charge in [-0.25, -0.2) is 9.59 Å². The Balaban J connectivity index is 1.99. The summed E-state index contributed by atoms with van der Waals surface area (Å²) in [6.45, 7) is 1.84. The summed E-state index contributed by atoms with van der Waals surface area (Å²) in [6.07, 6.45) is 0. The molecule has 2 atom stereocenters. The van der Waals surface area contributed by atoms with Gasteiger partial charge in [0, 0.05) is 4.88 Å². The number of amides is 2. The van der Waals surface area contributed by atoms with Crippen LogP contribution in [0.4, 0.5) is 4.79 Å². The largest absolute Gasteiger partial charge is 0.479 e. The Kier molecular flexibility index (Phi) is 4.94. The highest BCUT2D eigenvalue weighted by Crippen LogP contribution is 2.19. The highest BCUT2D eigenvalue weighted by molar-refractivity contribution is 7.10. The van der Waals surface area contributed by atoms with Gasteiger partial charge in [0.25, 0.3) is 0 Å². The molecule has 0 aliphatic carbocycles. The average molecular weight is 304 g/mol. The molecule has 2 rings (SSSR count). The molecule has 0 saturated heterocycles. The lowest BCUT2D eigenvalue weighted by Gasteiger charge is -2.18. The average Bonchev–Trinajstić information content (AvgIpc) is 2.99. The van der Waals surface area contributed by atoms with Crippen LogP contribution in [0.2, 0.25) is 0 Å². The summed E-state index contributed by atoms with van der Waals surface area (Å²) >= 11 is 1.29. The second-order valence-corrected chi connectivity index (χ2v) is 5.52. The van der Waals surface area contributed by atoms with Crippen molar-refractivity contribution in [3.05, 3.63) is 58.3 Å². The monoisotopic (exact) mass is 304 g/mol. The Labute approximate surface area is 126 Å². The Hall–Kier alpha value is -2.34. The SMILES string of the molecule is CC(NC(=O)NC(C(=O)O)c1cccs1)c1ccccc1. The number of carboxylic acids is 1. The van der Waals surface area contributed by atoms with Gasteiger partial charge in [-0.1, -0.05) is 36.4 Å². The lowest BCUT2D eigenvalue weighted by molar-refractivity contribution is -0.139. The number of carbonyl (C=O) groups excluding carboxylic acids is 1. The molecule has 1 heterocycles. The molecule has 3 N–H and O–H groups in total. The highest BCUT2D eigenvalue weighted by Gasteiger charge is 2.23. The first-order valence-corrected chi connectivity index (χ1v) is 7.34. The molecule has 0 radical (unpaired) electrons. The van der Waals surface area contributed by atoms with Gasteiger partial charge in [0.2, 0.25) is 0 Å². The lowest BCUT2D eigenvalue weighted by Crippen LogP contribution is -2.41. The fraction of sp³-hybridized carbons (Fsp3) is 0.200. The standard InChI is InChI=1S/C15H16N2O3S/c1-10(11-6-3-2-4-7-11)16-15(20)17-13(14(18)19)12-8-5-9-21-12/h2-10,13H,1H3,(H,18,19)(H2,16,17,20). The predicted octanol–water partition coefficient (Wildman–Crippen LogP) is 2.93. The minimum Gasteiger partial charge on any atom is -0.479 e. The van der Waals surface area contributed by atoms with Gasteiger partial charge in [-0.05, 0) is 23.9 Å². The Morgan fingerprint density at radius 2 is 1.81 bits per heavy atom. The zero-order chi connectivity index (χ0) is 15.2. The van der Waals surface area contributed by atoms with Gasteiger partial charge in [0.05, 0.1) is 6.04 Å². The second kappa shape index (κ2) is 6.90. The molecule has 1 aromatic carbocycles. The summed E-state index contributed by atoms with van der Waals surface area (Å²) in [5, 5.41) is 16.2. The quantitative estimate of drug-likeness (QED) is 0.794. The van der Waals surface area contributed by atoms with Crippen LogP contribution in [0.15, 0.2) is 47.8 Å². The minimum atomic E-state index is -1.08. The van der Waals surface area contributed by atoms with Crippen molar-refractivity contribution in [3.8, 4) is 0 Å². The lowest BCUT2D eigenvalue weighted by atomic mass is 10.1. The topological polar surface area (TPSA) is 78.4 Å². The van der Waals surface area contributed by atoms with Gasteiger partial charge in [-0.2, -0.15) is 0 Å². The molecule has 0 saturated carbocycles. The molecule has 0 bridgehead atoms. The summed E-state index contributed by atoms with van der Waals surface area (Å²) in [5.74, 6) is -1.08. The van der Waals surface area contributed by atoms with Gasteiger partial charge < -0.3 is 15.7 Å². The molecule has 110 valence electrons. The van der Waals surface area contributed by atoms with Crippen molar-refractivity contribution in [2.24, 2.45) is 0 Å². The maximum atomic E-state index is 12.0. The summed E-state index contributed by atoms with van der Waals surface area (Å²) in [5.41, 5.74) is 0.954. The normalized spacial score (nSPS) is 13.2. The maximum Gasteiger partial charge on any atom is 0.331 e. The van der Waals surface area contributed by atoms with Crippen molar-refractivity contribution in [1.29, 1.82) is 0 Å². The number of hydrogen-bond acceptors (Lipinski definition) is 3. The van der Waals surface area contributed by atoms with E-state index in [0.29, 0.717) is 4.88 Å². The predicted molar refractivity (Wildman–Crippen MR) is 81.2 cm³/mol. The van der Waals surface area contributed by atoms with Crippen molar-refractivity contribution >= 4 is 23.3 Å². The van der Waals surface area contributed by atoms with E-state index in [-0.39, 0.29) is 6.04 Å². The second-order valence-electron chi connectivity index (χ2n) is 4.54. The molecule has 0 spiro atoms. The molecule has 5 nitrogen and oxygen atoms in total. The summed E-state index contributed by atoms with van der Waals surface area (Å²) in [7, 11) is 0. The number of carboxylic acid groups (broad SMARTS) is 1. The van der Waals surface area contributed by atoms with Crippen molar-refractivity contribution in [2.75, 3.05) is 0 Å². The van der Waals surface area contributed by atoms with Crippen LogP contribution in [0.1, 0.15) is 29.4 Å². The van der Waals surface area contributed by atoms with Gasteiger partial charge in [0.15, 0.2) is 6.04 Å². The number of carbonyl (C=O) groups is 2. The molecule has 0 aliphatic rings. The first kappa shape index (κ1) is 15.1. The molecule has 21 heavy (non-hydrogen) atoms. The van der Waals surface area contributed by atoms with Crippen LogP contribution in [0.25, 0.3) is 0 Å². The smallest absolute Gasteiger partial charge is 0.331 e. The van der Waals surface area contributed by atoms with Crippen LogP contribution in [-0.2, 0) is 4.79 Å². The van der Waals surface area contributed by atoms with Crippen molar-refractivity contribution in [3.63, 3.8) is 0 Å². The molecule has 0 aliphatic heterocycles. The number of thiophene rings is 1. The van der Waals surface area contributed by atoms with Crippen LogP contribution in [0, 0.1) is 0 Å². The minimum absolute atomic E-state index is 0.205. The van der Waals surface area contributed by atoms with E-state index in [1.165, 1.54) is 11.3 Å². The van der Waals surface area contributed by atoms with E-state index < -0.39 is 18.0 Å². The van der Waals surface area contributed by atoms with E-state index in [0.717, 1.165) is 5.56 Å². The third-order valence-electron chi connectivity index (χ3n) is 3.00. The van der Waals surface area contributed by atoms with E-state index in [9.17, 15) is 14.7 Å². The van der Waals surface area contributed by atoms with Crippen molar-refractivity contribution in [2.45, 2.75) is 19.0 Å². The molecular weight excluding hydrogens is 288 g/mol. The Morgan fingerprint density at radius 1 is 1.10 bits per heavy atom. The third kappa shape index (κ3) is 4.06. The fourth-order valence-corrected chi connectivity index (χ4v) is 2.67. The number of benzene rings is 1. The molecule has 2 unspecified atom stereocenters. The zero-order valence-electron chi connectivity index (χ0n) is 11.4. The zero-order valence-corrected chi connectivity index (χ0v) is 12.3. The van der Waals surface area contributed by atoms with E-state index >= 15 is 0 Å². The molecule has 6 heteroatoms. The van der Waals surface area contributed by atoms with Crippen LogP contribution in [0.5, 0.6) is 0 Å². The van der Waals surface area contributed by atoms with E-state index in [1.807, 2.05) is 37.3 Å². The van der Waals surface area contributed by atoms with Crippen LogP contribution in [-0.4, -0.2) is 17.1 Å². The Morgan fingerprint density at radius 3 is 2.38 bits per heavy atom. The maximum absolute atomic E-state index is 12.0. The summed E-state index contributed by atoms with van der Waals surface area (Å²) < 4.78 is 0. The molecule has 2 amide bonds. The molecular formula is C15H16N2O3S. The molecule has 1 aromatic heterocycles. The van der Waals surface area contributed by atoms with Gasteiger partial charge in [-0.3, -0.25) is 0 Å². The van der Waals surface area contributed by atoms with Crippen LogP contribution < -0.4 is 10.6 Å². The highest BCUT2D eigenvalue weighted by atomic mass is 32.1. The van der Waals surface area contributed by atoms with E-state index in [4.69, 9.17) is 0 Å². The number of aliphatic carboxylic acids is 1. The van der Waals surface area contributed by atoms with Crippen molar-refractivity contribution in [1.82, 2.24) is 10.6 Å². The Bertz CT molecular complexity index is 599. The first-order chi connectivity index (χ1) is 10.1. The van der Waals surface area contributed by atoms with Gasteiger partial charge in [0.1, 0.15) is 0 Å². The summed E-state index contributed by atoms with van der Waals surface area (Å²) in [6, 6.07) is 11.2. The molecule has 2 aromatic rings. The molecule has 0 fully saturated rings. The van der Waals surface area contributed by atoms with Gasteiger partial charge in [-0.15, -0.1) is 11.3 Å². The number of rotatable bonds is 5. The van der Waals surface area contributed by atoms with Crippen LogP contribution in [0.3, 0.4) is 0 Å². The third-order valence-corrected chi connectivity index (χ3v) is 3.93. The van der Waals surface area contributed by atoms with Gasteiger partial charge >= 0.3 is 12.0 Å². The number of nitrogens with one attached hydrogen (secondary N) is 2. The number of urea groups is 1. The number of hydrogen-bond donors (Lipinski definition) is 3. The van der Waals surface area contributed by atoms with Crippen molar-refractivity contribution < 1.29 is 14.7 Å². The van der Waals surface area contributed by atoms with E-state index in [1.54, 1.807) is 17.5 Å². The van der Waals surface area contributed by atoms with E-state index in [2.05, 4.69) is 10.6 Å². The fourth-order valence-electron chi connectivity index (χ4n) is 1.90. The first-order valence-electron chi connectivity index (χ1n) is 6.46. The summed E-state index contributed by atoms with van der Waals surface area (Å²) in [4.78, 5) is 23.8. The van der Waals surface area contributed by atoms with Crippen LogP contribution >= 0.6 is 11.3 Å².